The molecule has 0 aromatic rings. The first kappa shape index (κ1) is 14.4. The molecule has 19 heavy (non-hydrogen) atoms. The van der Waals surface area contributed by atoms with E-state index in [1.165, 1.54) is 5.01 Å². The molecule has 5 nitrogen and oxygen atoms in total. The number of rotatable bonds is 4. The number of amidine groups is 1. The average Bonchev–Trinajstić information content (AvgIpc) is 2.62. The summed E-state index contributed by atoms with van der Waals surface area (Å²) >= 11 is 0. The van der Waals surface area contributed by atoms with E-state index in [0.29, 0.717) is 18.8 Å². The zero-order valence-corrected chi connectivity index (χ0v) is 11.3. The van der Waals surface area contributed by atoms with Crippen molar-refractivity contribution in [3.63, 3.8) is 0 Å². The molecule has 2 rings (SSSR count). The maximum Gasteiger partial charge on any atom is 0.160 e. The summed E-state index contributed by atoms with van der Waals surface area (Å²) in [5.41, 5.74) is 0. The highest BCUT2D eigenvalue weighted by Crippen LogP contribution is 2.20. The van der Waals surface area contributed by atoms with Gasteiger partial charge in [-0.2, -0.15) is 0 Å². The minimum Gasteiger partial charge on any atom is -0.381 e. The van der Waals surface area contributed by atoms with Crippen molar-refractivity contribution in [2.24, 2.45) is 16.8 Å². The molecule has 0 saturated carbocycles. The average molecular weight is 271 g/mol. The lowest BCUT2D eigenvalue weighted by atomic mass is 9.94. The first-order valence-corrected chi connectivity index (χ1v) is 6.89. The molecule has 0 aromatic heterocycles. The molecule has 2 atom stereocenters. The predicted octanol–water partition coefficient (Wildman–Crippen LogP) is 1.08. The number of aliphatic imine (C=N–C) groups is 1. The molecule has 2 saturated heterocycles. The molecule has 108 valence electrons. The molecule has 0 aliphatic carbocycles. The molecule has 0 amide bonds. The van der Waals surface area contributed by atoms with Gasteiger partial charge >= 0.3 is 0 Å². The molecule has 2 unspecified atom stereocenters. The molecule has 6 heteroatoms. The summed E-state index contributed by atoms with van der Waals surface area (Å²) in [6.45, 7) is 3.34. The van der Waals surface area contributed by atoms with Crippen LogP contribution in [0.5, 0.6) is 0 Å². The number of carbonyl (C=O) groups is 1. The standard InChI is InChI=1S/C13H22FN3O2/c1-9-6-12(14)13(17(9)15)16-8-11(18)7-10-2-4-19-5-3-10/h9-10,12H,2-8,15H2,1H3/b16-13-. The molecule has 2 heterocycles. The Morgan fingerprint density at radius 3 is 2.79 bits per heavy atom. The van der Waals surface area contributed by atoms with Gasteiger partial charge in [-0.25, -0.2) is 10.2 Å². The van der Waals surface area contributed by atoms with Gasteiger partial charge in [-0.3, -0.25) is 14.8 Å². The summed E-state index contributed by atoms with van der Waals surface area (Å²) in [4.78, 5) is 15.9. The van der Waals surface area contributed by atoms with Crippen LogP contribution >= 0.6 is 0 Å². The molecule has 0 aromatic carbocycles. The fourth-order valence-electron chi connectivity index (χ4n) is 2.59. The van der Waals surface area contributed by atoms with Crippen LogP contribution in [0.4, 0.5) is 4.39 Å². The van der Waals surface area contributed by atoms with Gasteiger partial charge in [0.1, 0.15) is 5.84 Å². The lowest BCUT2D eigenvalue weighted by Crippen LogP contribution is -2.39. The van der Waals surface area contributed by atoms with E-state index in [1.54, 1.807) is 0 Å². The number of carbonyl (C=O) groups excluding carboxylic acids is 1. The number of halogens is 1. The van der Waals surface area contributed by atoms with Crippen molar-refractivity contribution >= 4 is 11.6 Å². The fraction of sp³-hybridized carbons (Fsp3) is 0.846. The molecule has 2 aliphatic heterocycles. The van der Waals surface area contributed by atoms with Crippen molar-refractivity contribution in [2.45, 2.75) is 44.8 Å². The first-order valence-electron chi connectivity index (χ1n) is 6.89. The van der Waals surface area contributed by atoms with Gasteiger partial charge in [0.25, 0.3) is 0 Å². The highest BCUT2D eigenvalue weighted by molar-refractivity contribution is 5.91. The maximum absolute atomic E-state index is 13.6. The minimum absolute atomic E-state index is 0.0352. The highest BCUT2D eigenvalue weighted by Gasteiger charge is 2.33. The highest BCUT2D eigenvalue weighted by atomic mass is 19.1. The number of hydrogen-bond acceptors (Lipinski definition) is 4. The van der Waals surface area contributed by atoms with Gasteiger partial charge < -0.3 is 4.74 Å². The second-order valence-electron chi connectivity index (χ2n) is 5.43. The Balaban J connectivity index is 1.82. The van der Waals surface area contributed by atoms with E-state index in [-0.39, 0.29) is 24.2 Å². The van der Waals surface area contributed by atoms with Crippen LogP contribution in [0.25, 0.3) is 0 Å². The van der Waals surface area contributed by atoms with Crippen LogP contribution in [0.1, 0.15) is 32.6 Å². The van der Waals surface area contributed by atoms with Crippen molar-refractivity contribution in [3.8, 4) is 0 Å². The molecule has 0 bridgehead atoms. The molecule has 0 spiro atoms. The van der Waals surface area contributed by atoms with Crippen LogP contribution in [0.15, 0.2) is 4.99 Å². The van der Waals surface area contributed by atoms with E-state index >= 15 is 0 Å². The quantitative estimate of drug-likeness (QED) is 0.777. The zero-order valence-electron chi connectivity index (χ0n) is 11.3. The van der Waals surface area contributed by atoms with E-state index in [1.807, 2.05) is 6.92 Å². The molecule has 0 radical (unpaired) electrons. The Hall–Kier alpha value is -1.01. The zero-order chi connectivity index (χ0) is 13.8. The summed E-state index contributed by atoms with van der Waals surface area (Å²) in [6, 6.07) is -0.0562. The number of hydrogen-bond donors (Lipinski definition) is 1. The van der Waals surface area contributed by atoms with Gasteiger partial charge in [-0.1, -0.05) is 0 Å². The number of nitrogens with two attached hydrogens (primary N) is 1. The van der Waals surface area contributed by atoms with Gasteiger partial charge in [0, 0.05) is 32.1 Å². The largest absolute Gasteiger partial charge is 0.381 e. The third kappa shape index (κ3) is 3.73. The predicted molar refractivity (Wildman–Crippen MR) is 70.5 cm³/mol. The lowest BCUT2D eigenvalue weighted by Gasteiger charge is -2.21. The molecular weight excluding hydrogens is 249 g/mol. The number of Topliss-reactive ketones (excluding diaryl/α,β-unsaturated/α-hetero) is 1. The molecule has 2 aliphatic rings. The SMILES string of the molecule is CC1CC(F)/C(=N/CC(=O)CC2CCOCC2)N1N. The number of nitrogens with zero attached hydrogens (tertiary/aromatic N) is 2. The van der Waals surface area contributed by atoms with Gasteiger partial charge in [0.05, 0.1) is 6.54 Å². The summed E-state index contributed by atoms with van der Waals surface area (Å²) < 4.78 is 18.9. The van der Waals surface area contributed by atoms with E-state index in [0.717, 1.165) is 26.1 Å². The van der Waals surface area contributed by atoms with Gasteiger partial charge in [-0.15, -0.1) is 0 Å². The lowest BCUT2D eigenvalue weighted by molar-refractivity contribution is -0.119. The van der Waals surface area contributed by atoms with Gasteiger partial charge in [0.15, 0.2) is 12.0 Å². The molecular formula is C13H22FN3O2. The van der Waals surface area contributed by atoms with Crippen molar-refractivity contribution in [1.29, 1.82) is 0 Å². The summed E-state index contributed by atoms with van der Waals surface area (Å²) in [6.07, 6.45) is 1.57. The number of hydrazine groups is 1. The van der Waals surface area contributed by atoms with Crippen molar-refractivity contribution in [2.75, 3.05) is 19.8 Å². The Morgan fingerprint density at radius 1 is 1.53 bits per heavy atom. The minimum atomic E-state index is -1.14. The van der Waals surface area contributed by atoms with Crippen molar-refractivity contribution in [1.82, 2.24) is 5.01 Å². The van der Waals surface area contributed by atoms with E-state index < -0.39 is 6.17 Å². The Bertz CT molecular complexity index is 356. The van der Waals surface area contributed by atoms with Crippen LogP contribution in [0.2, 0.25) is 0 Å². The number of ketones is 1. The fourth-order valence-corrected chi connectivity index (χ4v) is 2.59. The van der Waals surface area contributed by atoms with Crippen LogP contribution in [-0.4, -0.2) is 48.6 Å². The van der Waals surface area contributed by atoms with Gasteiger partial charge in [-0.05, 0) is 25.7 Å². The summed E-state index contributed by atoms with van der Waals surface area (Å²) in [7, 11) is 0. The number of alkyl halides is 1. The smallest absolute Gasteiger partial charge is 0.160 e. The number of ether oxygens (including phenoxy) is 1. The van der Waals surface area contributed by atoms with Crippen molar-refractivity contribution in [3.05, 3.63) is 0 Å². The van der Waals surface area contributed by atoms with Crippen molar-refractivity contribution < 1.29 is 13.9 Å². The maximum atomic E-state index is 13.6. The summed E-state index contributed by atoms with van der Waals surface area (Å²) in [5, 5.41) is 1.34. The van der Waals surface area contributed by atoms with E-state index in [9.17, 15) is 9.18 Å². The summed E-state index contributed by atoms with van der Waals surface area (Å²) in [5.74, 6) is 6.38. The Labute approximate surface area is 113 Å². The Kier molecular flexibility index (Phi) is 4.87. The van der Waals surface area contributed by atoms with Gasteiger partial charge in [0.2, 0.25) is 0 Å². The van der Waals surface area contributed by atoms with Crippen LogP contribution in [-0.2, 0) is 9.53 Å². The third-order valence-corrected chi connectivity index (χ3v) is 3.84. The van der Waals surface area contributed by atoms with E-state index in [4.69, 9.17) is 10.6 Å². The topological polar surface area (TPSA) is 67.9 Å². The monoisotopic (exact) mass is 271 g/mol. The van der Waals surface area contributed by atoms with Crippen LogP contribution in [0, 0.1) is 5.92 Å². The Morgan fingerprint density at radius 2 is 2.21 bits per heavy atom. The second-order valence-corrected chi connectivity index (χ2v) is 5.43. The molecule has 2 fully saturated rings. The molecule has 2 N–H and O–H groups in total. The van der Waals surface area contributed by atoms with E-state index in [2.05, 4.69) is 4.99 Å². The second kappa shape index (κ2) is 6.43. The normalized spacial score (nSPS) is 31.1. The van der Waals surface area contributed by atoms with Crippen LogP contribution in [0.3, 0.4) is 0 Å². The first-order chi connectivity index (χ1) is 9.08. The van der Waals surface area contributed by atoms with Crippen LogP contribution < -0.4 is 5.84 Å². The third-order valence-electron chi connectivity index (χ3n) is 3.84.